The predicted octanol–water partition coefficient (Wildman–Crippen LogP) is 1.96. The first-order valence-corrected chi connectivity index (χ1v) is 6.41. The van der Waals surface area contributed by atoms with Crippen LogP contribution in [0.1, 0.15) is 13.8 Å². The van der Waals surface area contributed by atoms with E-state index in [4.69, 9.17) is 22.1 Å². The Balaban J connectivity index is 2.54. The predicted molar refractivity (Wildman–Crippen MR) is 72.7 cm³/mol. The van der Waals surface area contributed by atoms with Gasteiger partial charge in [-0.15, -0.1) is 0 Å². The molecule has 0 aliphatic heterocycles. The van der Waals surface area contributed by atoms with E-state index in [-0.39, 0.29) is 22.6 Å². The number of benzene rings is 1. The lowest BCUT2D eigenvalue weighted by molar-refractivity contribution is -0.127. The Morgan fingerprint density at radius 1 is 1.53 bits per heavy atom. The molecule has 0 aromatic heterocycles. The molecule has 1 amide bonds. The fourth-order valence-corrected chi connectivity index (χ4v) is 1.53. The summed E-state index contributed by atoms with van der Waals surface area (Å²) in [5.41, 5.74) is 5.46. The van der Waals surface area contributed by atoms with Gasteiger partial charge in [-0.2, -0.15) is 0 Å². The molecule has 0 aliphatic rings. The van der Waals surface area contributed by atoms with Gasteiger partial charge in [-0.25, -0.2) is 4.39 Å². The Morgan fingerprint density at radius 3 is 2.79 bits per heavy atom. The first kappa shape index (κ1) is 15.7. The van der Waals surface area contributed by atoms with Gasteiger partial charge in [0.05, 0.1) is 5.02 Å². The molecular weight excluding hydrogens is 271 g/mol. The maximum atomic E-state index is 12.9. The lowest BCUT2D eigenvalue weighted by atomic mass is 10.2. The van der Waals surface area contributed by atoms with Gasteiger partial charge in [-0.3, -0.25) is 4.79 Å². The lowest BCUT2D eigenvalue weighted by Gasteiger charge is -2.17. The third-order valence-electron chi connectivity index (χ3n) is 2.59. The van der Waals surface area contributed by atoms with Crippen molar-refractivity contribution in [3.8, 4) is 5.75 Å². The molecule has 1 aromatic rings. The van der Waals surface area contributed by atoms with Crippen LogP contribution in [0.25, 0.3) is 0 Å². The van der Waals surface area contributed by atoms with Crippen LogP contribution in [0.4, 0.5) is 4.39 Å². The highest BCUT2D eigenvalue weighted by Crippen LogP contribution is 2.25. The fourth-order valence-electron chi connectivity index (χ4n) is 1.32. The van der Waals surface area contributed by atoms with Gasteiger partial charge in [0.1, 0.15) is 11.6 Å². The summed E-state index contributed by atoms with van der Waals surface area (Å²) in [7, 11) is 0. The summed E-state index contributed by atoms with van der Waals surface area (Å²) < 4.78 is 18.2. The molecule has 0 radical (unpaired) electrons. The van der Waals surface area contributed by atoms with E-state index >= 15 is 0 Å². The van der Waals surface area contributed by atoms with Gasteiger partial charge in [0.25, 0.3) is 5.91 Å². The van der Waals surface area contributed by atoms with Crippen LogP contribution in [-0.2, 0) is 4.79 Å². The minimum atomic E-state index is -0.715. The second-order valence-corrected chi connectivity index (χ2v) is 4.83. The monoisotopic (exact) mass is 288 g/mol. The summed E-state index contributed by atoms with van der Waals surface area (Å²) in [6.07, 6.45) is -0.715. The zero-order chi connectivity index (χ0) is 14.4. The number of carbonyl (C=O) groups excluding carboxylic acids is 1. The molecule has 6 heteroatoms. The Bertz CT molecular complexity index is 443. The minimum absolute atomic E-state index is 0.134. The summed E-state index contributed by atoms with van der Waals surface area (Å²) in [4.78, 5) is 11.8. The molecule has 106 valence electrons. The van der Waals surface area contributed by atoms with Crippen molar-refractivity contribution in [2.45, 2.75) is 20.0 Å². The highest BCUT2D eigenvalue weighted by molar-refractivity contribution is 6.32. The second-order valence-electron chi connectivity index (χ2n) is 4.42. The number of carbonyl (C=O) groups is 1. The summed E-state index contributed by atoms with van der Waals surface area (Å²) in [5.74, 6) is -0.241. The van der Waals surface area contributed by atoms with E-state index in [2.05, 4.69) is 5.32 Å². The number of halogens is 2. The largest absolute Gasteiger partial charge is 0.479 e. The molecule has 0 bridgehead atoms. The Morgan fingerprint density at radius 2 is 2.21 bits per heavy atom. The molecule has 0 saturated heterocycles. The van der Waals surface area contributed by atoms with Crippen molar-refractivity contribution in [1.82, 2.24) is 5.32 Å². The average molecular weight is 289 g/mol. The number of nitrogens with one attached hydrogen (secondary N) is 1. The van der Waals surface area contributed by atoms with Crippen molar-refractivity contribution in [2.24, 2.45) is 11.7 Å². The van der Waals surface area contributed by atoms with Crippen LogP contribution in [0.2, 0.25) is 5.02 Å². The van der Waals surface area contributed by atoms with Crippen LogP contribution in [0, 0.1) is 11.7 Å². The molecule has 0 spiro atoms. The van der Waals surface area contributed by atoms with E-state index in [1.165, 1.54) is 12.1 Å². The number of nitrogens with two attached hydrogens (primary N) is 1. The van der Waals surface area contributed by atoms with Crippen molar-refractivity contribution in [3.05, 3.63) is 29.0 Å². The van der Waals surface area contributed by atoms with Crippen LogP contribution in [0.15, 0.2) is 18.2 Å². The van der Waals surface area contributed by atoms with E-state index < -0.39 is 11.9 Å². The molecule has 0 fully saturated rings. The highest BCUT2D eigenvalue weighted by Gasteiger charge is 2.16. The highest BCUT2D eigenvalue weighted by atomic mass is 35.5. The first-order valence-electron chi connectivity index (χ1n) is 6.03. The van der Waals surface area contributed by atoms with E-state index in [9.17, 15) is 9.18 Å². The van der Waals surface area contributed by atoms with Crippen molar-refractivity contribution in [3.63, 3.8) is 0 Å². The molecule has 2 unspecified atom stereocenters. The molecule has 0 saturated carbocycles. The summed E-state index contributed by atoms with van der Waals surface area (Å²) >= 11 is 5.82. The van der Waals surface area contributed by atoms with Crippen LogP contribution < -0.4 is 15.8 Å². The average Bonchev–Trinajstić information content (AvgIpc) is 2.38. The van der Waals surface area contributed by atoms with Gasteiger partial charge < -0.3 is 15.8 Å². The number of amides is 1. The topological polar surface area (TPSA) is 64.3 Å². The standard InChI is InChI=1S/C13H18ClFN2O2/c1-8(6-16)7-17-13(18)9(2)19-12-4-3-10(15)5-11(12)14/h3-5,8-9H,6-7,16H2,1-2H3,(H,17,18). The lowest BCUT2D eigenvalue weighted by Crippen LogP contribution is -2.39. The Hall–Kier alpha value is -1.33. The maximum absolute atomic E-state index is 12.9. The van der Waals surface area contributed by atoms with E-state index in [0.717, 1.165) is 6.07 Å². The number of rotatable bonds is 6. The molecule has 3 N–H and O–H groups in total. The smallest absolute Gasteiger partial charge is 0.260 e. The Kier molecular flexibility index (Phi) is 6.05. The molecule has 1 aromatic carbocycles. The third kappa shape index (κ3) is 5.04. The van der Waals surface area contributed by atoms with Gasteiger partial charge in [0, 0.05) is 6.54 Å². The van der Waals surface area contributed by atoms with Crippen LogP contribution >= 0.6 is 11.6 Å². The van der Waals surface area contributed by atoms with Crippen LogP contribution in [0.5, 0.6) is 5.75 Å². The zero-order valence-corrected chi connectivity index (χ0v) is 11.7. The Labute approximate surface area is 117 Å². The normalized spacial score (nSPS) is 13.7. The van der Waals surface area contributed by atoms with E-state index in [0.29, 0.717) is 13.1 Å². The van der Waals surface area contributed by atoms with Crippen LogP contribution in [-0.4, -0.2) is 25.1 Å². The third-order valence-corrected chi connectivity index (χ3v) is 2.89. The molecule has 0 aliphatic carbocycles. The first-order chi connectivity index (χ1) is 8.93. The van der Waals surface area contributed by atoms with Crippen molar-refractivity contribution in [2.75, 3.05) is 13.1 Å². The van der Waals surface area contributed by atoms with Gasteiger partial charge in [0.2, 0.25) is 0 Å². The van der Waals surface area contributed by atoms with Crippen LogP contribution in [0.3, 0.4) is 0 Å². The summed E-state index contributed by atoms with van der Waals surface area (Å²) in [6, 6.07) is 3.75. The van der Waals surface area contributed by atoms with Crippen molar-refractivity contribution < 1.29 is 13.9 Å². The van der Waals surface area contributed by atoms with Gasteiger partial charge >= 0.3 is 0 Å². The zero-order valence-electron chi connectivity index (χ0n) is 11.0. The molecule has 0 heterocycles. The number of ether oxygens (including phenoxy) is 1. The summed E-state index contributed by atoms with van der Waals surface area (Å²) in [6.45, 7) is 4.52. The van der Waals surface area contributed by atoms with Gasteiger partial charge in [-0.1, -0.05) is 18.5 Å². The quantitative estimate of drug-likeness (QED) is 0.841. The molecule has 2 atom stereocenters. The number of hydrogen-bond acceptors (Lipinski definition) is 3. The van der Waals surface area contributed by atoms with Gasteiger partial charge in [0.15, 0.2) is 6.10 Å². The SMILES string of the molecule is CC(CN)CNC(=O)C(C)Oc1ccc(F)cc1Cl. The molecule has 1 rings (SSSR count). The van der Waals surface area contributed by atoms with Crippen molar-refractivity contribution in [1.29, 1.82) is 0 Å². The van der Waals surface area contributed by atoms with Gasteiger partial charge in [-0.05, 0) is 37.6 Å². The minimum Gasteiger partial charge on any atom is -0.479 e. The molecule has 19 heavy (non-hydrogen) atoms. The molecular formula is C13H18ClFN2O2. The summed E-state index contributed by atoms with van der Waals surface area (Å²) in [5, 5.41) is 2.86. The maximum Gasteiger partial charge on any atom is 0.260 e. The van der Waals surface area contributed by atoms with Crippen molar-refractivity contribution >= 4 is 17.5 Å². The number of hydrogen-bond donors (Lipinski definition) is 2. The fraction of sp³-hybridized carbons (Fsp3) is 0.462. The van der Waals surface area contributed by atoms with E-state index in [1.807, 2.05) is 6.92 Å². The van der Waals surface area contributed by atoms with E-state index in [1.54, 1.807) is 6.92 Å². The second kappa shape index (κ2) is 7.31. The molecule has 4 nitrogen and oxygen atoms in total.